The molecule has 0 atom stereocenters. The zero-order valence-corrected chi connectivity index (χ0v) is 35.9. The van der Waals surface area contributed by atoms with Crippen LogP contribution in [0.5, 0.6) is 23.0 Å². The van der Waals surface area contributed by atoms with Gasteiger partial charge in [0.2, 0.25) is 13.6 Å². The molecule has 0 N–H and O–H groups in total. The van der Waals surface area contributed by atoms with E-state index in [0.29, 0.717) is 6.42 Å². The number of para-hydroxylation sites is 2. The van der Waals surface area contributed by atoms with Gasteiger partial charge >= 0.3 is 0 Å². The summed E-state index contributed by atoms with van der Waals surface area (Å²) in [4.78, 5) is 2.33. The molecule has 0 aliphatic heterocycles. The Morgan fingerprint density at radius 2 is 0.811 bits per heavy atom. The number of ether oxygens (including phenoxy) is 4. The molecule has 0 saturated carbocycles. The summed E-state index contributed by atoms with van der Waals surface area (Å²) in [5.41, 5.74) is 3.48. The first kappa shape index (κ1) is 42.5. The Labute approximate surface area is 328 Å². The standard InChI is InChI=1S/C46H61O5S2/c1-42(2,3)36-26-34(27-37(43(4,5)6)40(36)50-30-48-32-20-16-14-17-21-32)52-46(12,13)53-35-28-38(44(7,8)9)41(39(29-35)45(10,11)24-25-47)51-31-49-33-22-18-15-19-23-33/h14-23,26-29H,24-25,30-31H2,1-13H3. The molecule has 4 aromatic carbocycles. The summed E-state index contributed by atoms with van der Waals surface area (Å²) in [7, 11) is 0. The lowest BCUT2D eigenvalue weighted by atomic mass is 9.77. The molecular weight excluding hydrogens is 697 g/mol. The molecule has 4 rings (SSSR count). The number of hydrogen-bond donors (Lipinski definition) is 0. The summed E-state index contributed by atoms with van der Waals surface area (Å²) in [5, 5.41) is 12.1. The maximum absolute atomic E-state index is 12.1. The van der Waals surface area contributed by atoms with Gasteiger partial charge in [-0.3, -0.25) is 0 Å². The van der Waals surface area contributed by atoms with Crippen LogP contribution in [0.25, 0.3) is 0 Å². The Kier molecular flexibility index (Phi) is 13.7. The van der Waals surface area contributed by atoms with Crippen molar-refractivity contribution in [3.63, 3.8) is 0 Å². The quantitative estimate of drug-likeness (QED) is 0.0889. The molecule has 4 aromatic rings. The van der Waals surface area contributed by atoms with Gasteiger partial charge in [-0.15, -0.1) is 23.5 Å². The molecule has 0 heterocycles. The van der Waals surface area contributed by atoms with E-state index >= 15 is 0 Å². The van der Waals surface area contributed by atoms with Crippen molar-refractivity contribution in [3.05, 3.63) is 107 Å². The Bertz CT molecular complexity index is 1740. The third-order valence-electron chi connectivity index (χ3n) is 9.08. The predicted octanol–water partition coefficient (Wildman–Crippen LogP) is 13.1. The van der Waals surface area contributed by atoms with Crippen LogP contribution in [-0.2, 0) is 26.8 Å². The number of thioether (sulfide) groups is 2. The molecule has 0 bridgehead atoms. The third kappa shape index (κ3) is 11.9. The fourth-order valence-electron chi connectivity index (χ4n) is 6.13. The molecule has 0 unspecified atom stereocenters. The van der Waals surface area contributed by atoms with E-state index in [1.807, 2.05) is 84.2 Å². The van der Waals surface area contributed by atoms with Crippen LogP contribution < -0.4 is 18.9 Å². The second-order valence-electron chi connectivity index (χ2n) is 17.8. The van der Waals surface area contributed by atoms with E-state index in [0.717, 1.165) is 50.1 Å². The van der Waals surface area contributed by atoms with Crippen LogP contribution >= 0.6 is 23.5 Å². The van der Waals surface area contributed by atoms with E-state index in [4.69, 9.17) is 18.9 Å². The predicted molar refractivity (Wildman–Crippen MR) is 223 cm³/mol. The fourth-order valence-corrected chi connectivity index (χ4v) is 8.72. The summed E-state index contributed by atoms with van der Waals surface area (Å²) < 4.78 is 24.7. The summed E-state index contributed by atoms with van der Waals surface area (Å²) >= 11 is 3.70. The fraction of sp³-hybridized carbons (Fsp3) is 0.478. The second kappa shape index (κ2) is 17.0. The molecule has 53 heavy (non-hydrogen) atoms. The van der Waals surface area contributed by atoms with Crippen LogP contribution in [0, 0.1) is 0 Å². The molecule has 0 saturated heterocycles. The van der Waals surface area contributed by atoms with Crippen LogP contribution in [0.2, 0.25) is 0 Å². The van der Waals surface area contributed by atoms with Gasteiger partial charge in [0.25, 0.3) is 0 Å². The molecule has 5 nitrogen and oxygen atoms in total. The van der Waals surface area contributed by atoms with Gasteiger partial charge in [0.15, 0.2) is 0 Å². The smallest absolute Gasteiger partial charge is 0.230 e. The van der Waals surface area contributed by atoms with Crippen molar-refractivity contribution in [1.29, 1.82) is 0 Å². The monoisotopic (exact) mass is 757 g/mol. The lowest BCUT2D eigenvalue weighted by Gasteiger charge is -2.34. The normalized spacial score (nSPS) is 12.8. The van der Waals surface area contributed by atoms with Crippen LogP contribution in [0.4, 0.5) is 0 Å². The van der Waals surface area contributed by atoms with Gasteiger partial charge in [-0.25, -0.2) is 5.11 Å². The second-order valence-corrected chi connectivity index (χ2v) is 21.5. The highest BCUT2D eigenvalue weighted by Crippen LogP contribution is 2.51. The summed E-state index contributed by atoms with van der Waals surface area (Å²) in [5.74, 6) is 3.23. The van der Waals surface area contributed by atoms with Crippen LogP contribution in [0.3, 0.4) is 0 Å². The van der Waals surface area contributed by atoms with E-state index < -0.39 is 5.41 Å². The summed E-state index contributed by atoms with van der Waals surface area (Å²) in [6, 6.07) is 28.6. The minimum Gasteiger partial charge on any atom is -0.458 e. The zero-order valence-electron chi connectivity index (χ0n) is 34.3. The zero-order chi connectivity index (χ0) is 39.2. The first-order valence-electron chi connectivity index (χ1n) is 18.6. The molecule has 287 valence electrons. The van der Waals surface area contributed by atoms with Gasteiger partial charge in [0, 0.05) is 32.0 Å². The van der Waals surface area contributed by atoms with E-state index in [1.165, 1.54) is 4.90 Å². The first-order chi connectivity index (χ1) is 24.6. The van der Waals surface area contributed by atoms with Crippen molar-refractivity contribution >= 4 is 23.5 Å². The van der Waals surface area contributed by atoms with Crippen LogP contribution in [0.15, 0.2) is 94.7 Å². The van der Waals surface area contributed by atoms with Gasteiger partial charge in [0.1, 0.15) is 23.0 Å². The van der Waals surface area contributed by atoms with Crippen molar-refractivity contribution in [2.24, 2.45) is 0 Å². The number of benzene rings is 4. The van der Waals surface area contributed by atoms with Gasteiger partial charge in [-0.05, 0) is 90.5 Å². The van der Waals surface area contributed by atoms with Crippen molar-refractivity contribution in [2.75, 3.05) is 20.2 Å². The van der Waals surface area contributed by atoms with Crippen LogP contribution in [-0.4, -0.2) is 24.3 Å². The average molecular weight is 758 g/mol. The van der Waals surface area contributed by atoms with Gasteiger partial charge in [-0.1, -0.05) is 113 Å². The maximum atomic E-state index is 12.1. The lowest BCUT2D eigenvalue weighted by Crippen LogP contribution is -2.24. The van der Waals surface area contributed by atoms with Crippen molar-refractivity contribution in [2.45, 2.75) is 132 Å². The van der Waals surface area contributed by atoms with Gasteiger partial charge in [0.05, 0.1) is 10.7 Å². The van der Waals surface area contributed by atoms with Crippen molar-refractivity contribution < 1.29 is 24.1 Å². The highest BCUT2D eigenvalue weighted by atomic mass is 32.2. The molecule has 0 fully saturated rings. The van der Waals surface area contributed by atoms with Crippen molar-refractivity contribution in [3.8, 4) is 23.0 Å². The molecule has 0 spiro atoms. The van der Waals surface area contributed by atoms with E-state index in [-0.39, 0.29) is 40.5 Å². The number of rotatable bonds is 15. The first-order valence-corrected chi connectivity index (χ1v) is 20.2. The highest BCUT2D eigenvalue weighted by Gasteiger charge is 2.34. The molecule has 0 amide bonds. The minimum atomic E-state index is -0.402. The molecule has 0 aliphatic rings. The lowest BCUT2D eigenvalue weighted by molar-refractivity contribution is 0.113. The van der Waals surface area contributed by atoms with Crippen molar-refractivity contribution in [1.82, 2.24) is 0 Å². The largest absolute Gasteiger partial charge is 0.458 e. The Balaban J connectivity index is 1.71. The molecule has 1 radical (unpaired) electrons. The maximum Gasteiger partial charge on any atom is 0.230 e. The minimum absolute atomic E-state index is 0.0751. The molecule has 0 aliphatic carbocycles. The average Bonchev–Trinajstić information content (AvgIpc) is 3.04. The number of hydrogen-bond acceptors (Lipinski definition) is 6. The summed E-state index contributed by atoms with van der Waals surface area (Å²) in [6.45, 7) is 28.9. The van der Waals surface area contributed by atoms with Crippen LogP contribution in [0.1, 0.15) is 119 Å². The van der Waals surface area contributed by atoms with Gasteiger partial charge < -0.3 is 18.9 Å². The topological polar surface area (TPSA) is 56.8 Å². The highest BCUT2D eigenvalue weighted by molar-refractivity contribution is 8.18. The van der Waals surface area contributed by atoms with E-state index in [2.05, 4.69) is 114 Å². The molecule has 7 heteroatoms. The molecule has 0 aromatic heterocycles. The Morgan fingerprint density at radius 1 is 0.472 bits per heavy atom. The molecular formula is C46H61O5S2. The Hall–Kier alpha value is -3.26. The summed E-state index contributed by atoms with van der Waals surface area (Å²) in [6.07, 6.45) is 0.495. The Morgan fingerprint density at radius 3 is 1.15 bits per heavy atom. The third-order valence-corrected chi connectivity index (χ3v) is 11.5. The van der Waals surface area contributed by atoms with E-state index in [9.17, 15) is 5.11 Å². The van der Waals surface area contributed by atoms with E-state index in [1.54, 1.807) is 0 Å². The SMILES string of the molecule is CC(C)(Sc1cc(C(C)(C)C)c(OCOc2ccccc2)c(C(C)(C)C)c1)Sc1cc(C(C)(C)C)c(OCOc2ccccc2)c(C(C)(C)CC[O])c1. The van der Waals surface area contributed by atoms with Gasteiger partial charge in [-0.2, -0.15) is 0 Å².